The Labute approximate surface area is 48.0 Å². The molecule has 0 atom stereocenters. The molecule has 0 aromatic heterocycles. The lowest BCUT2D eigenvalue weighted by Gasteiger charge is -1.81. The largest absolute Gasteiger partial charge is 0.333 e. The number of nitrogens with one attached hydrogen (secondary N) is 1. The zero-order chi connectivity index (χ0) is 6.41. The molecule has 4 heteroatoms. The van der Waals surface area contributed by atoms with Crippen molar-refractivity contribution >= 4 is 5.91 Å². The second-order valence-corrected chi connectivity index (χ2v) is 1.12. The van der Waals surface area contributed by atoms with Gasteiger partial charge in [-0.2, -0.15) is 0 Å². The molecule has 48 valence electrons. The summed E-state index contributed by atoms with van der Waals surface area (Å²) >= 11 is 0. The Bertz CT molecular complexity index is 66.4. The quantitative estimate of drug-likeness (QED) is 0.429. The molecular weight excluding hydrogens is 108 g/mol. The molecule has 0 spiro atoms. The van der Waals surface area contributed by atoms with Crippen LogP contribution in [0.25, 0.3) is 0 Å². The highest BCUT2D eigenvalue weighted by Crippen LogP contribution is 1.87. The van der Waals surface area contributed by atoms with Gasteiger partial charge in [-0.1, -0.05) is 0 Å². The summed E-state index contributed by atoms with van der Waals surface area (Å²) in [7, 11) is 1.50. The van der Waals surface area contributed by atoms with E-state index in [-0.39, 0.29) is 5.91 Å². The van der Waals surface area contributed by atoms with Gasteiger partial charge >= 0.3 is 0 Å². The van der Waals surface area contributed by atoms with E-state index < -0.39 is 0 Å². The Balaban J connectivity index is 0.000000222. The third-order valence-electron chi connectivity index (χ3n) is 0.617. The molecule has 0 saturated carbocycles. The van der Waals surface area contributed by atoms with Gasteiger partial charge in [0, 0.05) is 0 Å². The molecule has 1 heterocycles. The highest BCUT2D eigenvalue weighted by atomic mass is 16.7. The molecule has 4 nitrogen and oxygen atoms in total. The van der Waals surface area contributed by atoms with Gasteiger partial charge in [-0.25, -0.2) is 5.48 Å². The number of hydrogen-bond donors (Lipinski definition) is 2. The van der Waals surface area contributed by atoms with E-state index in [0.717, 1.165) is 0 Å². The standard InChI is InChI=1S/C3H5NO2.CH5N/c5-3-1-2-6-4-3;1-2/h1-2H2,(H,4,5);2H2,1H3. The van der Waals surface area contributed by atoms with Crippen LogP contribution < -0.4 is 11.2 Å². The highest BCUT2D eigenvalue weighted by Gasteiger charge is 2.06. The first kappa shape index (κ1) is 7.39. The first-order valence-electron chi connectivity index (χ1n) is 2.38. The Morgan fingerprint density at radius 2 is 2.38 bits per heavy atom. The van der Waals surface area contributed by atoms with Gasteiger partial charge in [-0.15, -0.1) is 0 Å². The van der Waals surface area contributed by atoms with Crippen LogP contribution in [0.15, 0.2) is 0 Å². The van der Waals surface area contributed by atoms with Crippen LogP contribution in [0.5, 0.6) is 0 Å². The van der Waals surface area contributed by atoms with Gasteiger partial charge in [0.05, 0.1) is 13.0 Å². The molecule has 1 amide bonds. The Morgan fingerprint density at radius 1 is 1.75 bits per heavy atom. The van der Waals surface area contributed by atoms with Crippen molar-refractivity contribution in [3.8, 4) is 0 Å². The summed E-state index contributed by atoms with van der Waals surface area (Å²) in [6.45, 7) is 0.527. The summed E-state index contributed by atoms with van der Waals surface area (Å²) < 4.78 is 0. The lowest BCUT2D eigenvalue weighted by atomic mass is 10.5. The van der Waals surface area contributed by atoms with Crippen LogP contribution in [0.3, 0.4) is 0 Å². The van der Waals surface area contributed by atoms with E-state index in [4.69, 9.17) is 0 Å². The third-order valence-corrected chi connectivity index (χ3v) is 0.617. The van der Waals surface area contributed by atoms with E-state index in [2.05, 4.69) is 16.1 Å². The fourth-order valence-electron chi connectivity index (χ4n) is 0.326. The van der Waals surface area contributed by atoms with Crippen LogP contribution in [0, 0.1) is 0 Å². The molecule has 1 aliphatic rings. The molecule has 8 heavy (non-hydrogen) atoms. The number of rotatable bonds is 0. The van der Waals surface area contributed by atoms with Gasteiger partial charge in [-0.3, -0.25) is 9.63 Å². The van der Waals surface area contributed by atoms with Crippen LogP contribution in [0.1, 0.15) is 6.42 Å². The molecule has 1 saturated heterocycles. The summed E-state index contributed by atoms with van der Waals surface area (Å²) in [6.07, 6.45) is 0.514. The van der Waals surface area contributed by atoms with Crippen LogP contribution >= 0.6 is 0 Å². The number of hydrogen-bond acceptors (Lipinski definition) is 3. The Morgan fingerprint density at radius 3 is 2.50 bits per heavy atom. The van der Waals surface area contributed by atoms with Crippen molar-refractivity contribution in [1.29, 1.82) is 0 Å². The maximum absolute atomic E-state index is 10.0. The molecule has 0 aromatic carbocycles. The van der Waals surface area contributed by atoms with Crippen LogP contribution in [0.4, 0.5) is 0 Å². The molecule has 0 unspecified atom stereocenters. The SMILES string of the molecule is CN.O=C1CCON1. The Hall–Kier alpha value is -0.610. The van der Waals surface area contributed by atoms with Crippen molar-refractivity contribution in [2.75, 3.05) is 13.7 Å². The van der Waals surface area contributed by atoms with Crippen LogP contribution in [0.2, 0.25) is 0 Å². The summed E-state index contributed by atoms with van der Waals surface area (Å²) in [6, 6.07) is 0. The summed E-state index contributed by atoms with van der Waals surface area (Å²) in [5.74, 6) is -0.0185. The number of amides is 1. The number of hydroxylamine groups is 1. The Kier molecular flexibility index (Phi) is 4.20. The van der Waals surface area contributed by atoms with Crippen LogP contribution in [-0.4, -0.2) is 19.6 Å². The first-order valence-corrected chi connectivity index (χ1v) is 2.38. The van der Waals surface area contributed by atoms with Crippen LogP contribution in [-0.2, 0) is 9.63 Å². The number of carbonyl (C=O) groups is 1. The number of nitrogens with two attached hydrogens (primary N) is 1. The van der Waals surface area contributed by atoms with E-state index in [9.17, 15) is 4.79 Å². The van der Waals surface area contributed by atoms with E-state index in [0.29, 0.717) is 13.0 Å². The minimum absolute atomic E-state index is 0.0185. The van der Waals surface area contributed by atoms with Crippen molar-refractivity contribution < 1.29 is 9.63 Å². The lowest BCUT2D eigenvalue weighted by Crippen LogP contribution is -2.10. The molecule has 0 aliphatic carbocycles. The molecular formula is C4H10N2O2. The van der Waals surface area contributed by atoms with Gasteiger partial charge in [-0.05, 0) is 7.05 Å². The summed E-state index contributed by atoms with van der Waals surface area (Å²) in [5, 5.41) is 0. The molecule has 1 aliphatic heterocycles. The van der Waals surface area contributed by atoms with Crippen molar-refractivity contribution in [2.24, 2.45) is 5.73 Å². The van der Waals surface area contributed by atoms with Crippen molar-refractivity contribution in [3.63, 3.8) is 0 Å². The number of carbonyl (C=O) groups excluding carboxylic acids is 1. The average Bonchev–Trinajstić information content (AvgIpc) is 2.24. The van der Waals surface area contributed by atoms with Crippen molar-refractivity contribution in [1.82, 2.24) is 5.48 Å². The molecule has 1 fully saturated rings. The lowest BCUT2D eigenvalue weighted by molar-refractivity contribution is -0.124. The fourth-order valence-corrected chi connectivity index (χ4v) is 0.326. The summed E-state index contributed by atoms with van der Waals surface area (Å²) in [4.78, 5) is 14.5. The third kappa shape index (κ3) is 2.54. The van der Waals surface area contributed by atoms with Gasteiger partial charge in [0.25, 0.3) is 0 Å². The zero-order valence-corrected chi connectivity index (χ0v) is 4.81. The average molecular weight is 118 g/mol. The predicted molar refractivity (Wildman–Crippen MR) is 28.8 cm³/mol. The maximum Gasteiger partial charge on any atom is 0.245 e. The predicted octanol–water partition coefficient (Wildman–Crippen LogP) is -0.987. The molecule has 3 N–H and O–H groups in total. The van der Waals surface area contributed by atoms with E-state index >= 15 is 0 Å². The van der Waals surface area contributed by atoms with E-state index in [1.165, 1.54) is 7.05 Å². The molecule has 0 aromatic rings. The maximum atomic E-state index is 10.0. The zero-order valence-electron chi connectivity index (χ0n) is 4.81. The van der Waals surface area contributed by atoms with Crippen molar-refractivity contribution in [3.05, 3.63) is 0 Å². The van der Waals surface area contributed by atoms with Gasteiger partial charge in [0.15, 0.2) is 0 Å². The van der Waals surface area contributed by atoms with Crippen molar-refractivity contribution in [2.45, 2.75) is 6.42 Å². The first-order chi connectivity index (χ1) is 3.89. The molecule has 1 rings (SSSR count). The fraction of sp³-hybridized carbons (Fsp3) is 0.750. The topological polar surface area (TPSA) is 64.4 Å². The van der Waals surface area contributed by atoms with E-state index in [1.54, 1.807) is 0 Å². The monoisotopic (exact) mass is 118 g/mol. The minimum Gasteiger partial charge on any atom is -0.333 e. The molecule has 0 bridgehead atoms. The van der Waals surface area contributed by atoms with E-state index in [1.807, 2.05) is 0 Å². The second-order valence-electron chi connectivity index (χ2n) is 1.12. The minimum atomic E-state index is -0.0185. The normalized spacial score (nSPS) is 16.5. The smallest absolute Gasteiger partial charge is 0.245 e. The second kappa shape index (κ2) is 4.55. The highest BCUT2D eigenvalue weighted by molar-refractivity contribution is 5.76. The van der Waals surface area contributed by atoms with Gasteiger partial charge in [0.2, 0.25) is 5.91 Å². The summed E-state index contributed by atoms with van der Waals surface area (Å²) in [5.41, 5.74) is 6.68. The van der Waals surface area contributed by atoms with Gasteiger partial charge < -0.3 is 5.73 Å². The molecule has 0 radical (unpaired) electrons. The van der Waals surface area contributed by atoms with Gasteiger partial charge in [0.1, 0.15) is 0 Å².